The van der Waals surface area contributed by atoms with Crippen LogP contribution in [0.4, 0.5) is 0 Å². The van der Waals surface area contributed by atoms with Gasteiger partial charge in [-0.1, -0.05) is 0 Å². The van der Waals surface area contributed by atoms with Gasteiger partial charge in [0, 0.05) is 18.5 Å². The summed E-state index contributed by atoms with van der Waals surface area (Å²) in [6.45, 7) is 0. The molecule has 0 saturated carbocycles. The summed E-state index contributed by atoms with van der Waals surface area (Å²) in [7, 11) is -2.89. The maximum Gasteiger partial charge on any atom is 0.251 e. The van der Waals surface area contributed by atoms with Gasteiger partial charge in [0.1, 0.15) is 9.73 Å². The lowest BCUT2D eigenvalue weighted by Crippen LogP contribution is -2.11. The summed E-state index contributed by atoms with van der Waals surface area (Å²) in [4.78, 5) is 16.4. The second-order valence-electron chi connectivity index (χ2n) is 2.08. The molecule has 0 aliphatic carbocycles. The third kappa shape index (κ3) is 1.87. The smallest absolute Gasteiger partial charge is 0.251 e. The molecule has 1 atom stereocenters. The first-order valence-electron chi connectivity index (χ1n) is 2.79. The van der Waals surface area contributed by atoms with E-state index in [0.29, 0.717) is 0 Å². The van der Waals surface area contributed by atoms with Gasteiger partial charge in [-0.25, -0.2) is 14.0 Å². The van der Waals surface area contributed by atoms with Crippen molar-refractivity contribution in [3.05, 3.63) is 22.6 Å². The van der Waals surface area contributed by atoms with Crippen LogP contribution in [0.2, 0.25) is 0 Å². The van der Waals surface area contributed by atoms with Crippen LogP contribution < -0.4 is 5.56 Å². The van der Waals surface area contributed by atoms with Crippen molar-refractivity contribution < 1.29 is 4.21 Å². The standard InChI is InChI=1S/C5H7N3O2S/c1-11(6,10)5-7-3-2-4(9)8-5/h2-3,6H,1H3,(H,7,8,9)/t11-/m0/s1. The first-order valence-corrected chi connectivity index (χ1v) is 4.76. The molecule has 1 aromatic rings. The van der Waals surface area contributed by atoms with Gasteiger partial charge in [-0.2, -0.15) is 0 Å². The lowest BCUT2D eigenvalue weighted by atomic mass is 10.7. The van der Waals surface area contributed by atoms with Crippen molar-refractivity contribution >= 4 is 9.73 Å². The summed E-state index contributed by atoms with van der Waals surface area (Å²) in [5.74, 6) is 0. The average molecular weight is 173 g/mol. The number of nitrogens with zero attached hydrogens (tertiary/aromatic N) is 1. The Morgan fingerprint density at radius 2 is 2.36 bits per heavy atom. The molecule has 0 aliphatic rings. The van der Waals surface area contributed by atoms with E-state index in [2.05, 4.69) is 9.97 Å². The maximum atomic E-state index is 11.0. The van der Waals surface area contributed by atoms with Crippen LogP contribution in [0.15, 0.2) is 22.2 Å². The molecule has 0 unspecified atom stereocenters. The number of H-pyrrole nitrogens is 1. The monoisotopic (exact) mass is 173 g/mol. The normalized spacial score (nSPS) is 15.7. The number of nitrogens with one attached hydrogen (secondary N) is 2. The van der Waals surface area contributed by atoms with E-state index in [9.17, 15) is 9.00 Å². The third-order valence-corrected chi connectivity index (χ3v) is 1.96. The highest BCUT2D eigenvalue weighted by atomic mass is 32.2. The Labute approximate surface area is 63.5 Å². The predicted molar refractivity (Wildman–Crippen MR) is 39.9 cm³/mol. The zero-order chi connectivity index (χ0) is 8.48. The molecular formula is C5H7N3O2S. The van der Waals surface area contributed by atoms with Crippen LogP contribution in [0.3, 0.4) is 0 Å². The zero-order valence-corrected chi connectivity index (χ0v) is 6.64. The van der Waals surface area contributed by atoms with Crippen LogP contribution in [0.5, 0.6) is 0 Å². The molecular weight excluding hydrogens is 166 g/mol. The highest BCUT2D eigenvalue weighted by Gasteiger charge is 2.03. The number of hydrogen-bond acceptors (Lipinski definition) is 4. The Hall–Kier alpha value is -1.17. The fraction of sp³-hybridized carbons (Fsp3) is 0.200. The first-order chi connectivity index (χ1) is 5.00. The summed E-state index contributed by atoms with van der Waals surface area (Å²) in [5.41, 5.74) is -0.392. The Morgan fingerprint density at radius 1 is 1.73 bits per heavy atom. The quantitative estimate of drug-likeness (QED) is 0.577. The molecule has 0 radical (unpaired) electrons. The summed E-state index contributed by atoms with van der Waals surface area (Å²) in [6.07, 6.45) is 2.43. The molecule has 0 bridgehead atoms. The predicted octanol–water partition coefficient (Wildman–Crippen LogP) is -0.195. The van der Waals surface area contributed by atoms with E-state index < -0.39 is 15.3 Å². The van der Waals surface area contributed by atoms with Crippen molar-refractivity contribution in [2.24, 2.45) is 0 Å². The molecule has 1 heterocycles. The van der Waals surface area contributed by atoms with E-state index in [1.807, 2.05) is 0 Å². The molecule has 1 aromatic heterocycles. The van der Waals surface area contributed by atoms with E-state index in [0.717, 1.165) is 0 Å². The third-order valence-electron chi connectivity index (χ3n) is 1.02. The van der Waals surface area contributed by atoms with E-state index in [1.54, 1.807) is 0 Å². The fourth-order valence-electron chi connectivity index (χ4n) is 0.550. The topological polar surface area (TPSA) is 86.7 Å². The minimum atomic E-state index is -2.89. The van der Waals surface area contributed by atoms with Crippen molar-refractivity contribution in [3.8, 4) is 0 Å². The molecule has 11 heavy (non-hydrogen) atoms. The summed E-state index contributed by atoms with van der Waals surface area (Å²) in [5, 5.41) is -0.0787. The zero-order valence-electron chi connectivity index (χ0n) is 5.83. The van der Waals surface area contributed by atoms with E-state index in [4.69, 9.17) is 4.78 Å². The van der Waals surface area contributed by atoms with Crippen LogP contribution in [0.25, 0.3) is 0 Å². The highest BCUT2D eigenvalue weighted by molar-refractivity contribution is 7.91. The second-order valence-corrected chi connectivity index (χ2v) is 4.16. The van der Waals surface area contributed by atoms with Crippen molar-refractivity contribution in [1.29, 1.82) is 4.78 Å². The number of aromatic nitrogens is 2. The minimum Gasteiger partial charge on any atom is -0.299 e. The minimum absolute atomic E-state index is 0.0787. The van der Waals surface area contributed by atoms with Gasteiger partial charge < -0.3 is 0 Å². The van der Waals surface area contributed by atoms with E-state index in [-0.39, 0.29) is 5.16 Å². The van der Waals surface area contributed by atoms with Gasteiger partial charge in [0.2, 0.25) is 5.16 Å². The van der Waals surface area contributed by atoms with Crippen molar-refractivity contribution in [1.82, 2.24) is 9.97 Å². The van der Waals surface area contributed by atoms with Gasteiger partial charge in [0.25, 0.3) is 5.56 Å². The van der Waals surface area contributed by atoms with Crippen LogP contribution in [-0.4, -0.2) is 20.4 Å². The lowest BCUT2D eigenvalue weighted by Gasteiger charge is -1.96. The molecule has 2 N–H and O–H groups in total. The Bertz CT molecular complexity index is 406. The Balaban J connectivity index is 3.40. The lowest BCUT2D eigenvalue weighted by molar-refractivity contribution is 0.670. The summed E-state index contributed by atoms with van der Waals surface area (Å²) >= 11 is 0. The first kappa shape index (κ1) is 7.93. The van der Waals surface area contributed by atoms with Gasteiger partial charge in [-0.05, 0) is 0 Å². The van der Waals surface area contributed by atoms with Crippen molar-refractivity contribution in [2.45, 2.75) is 5.16 Å². The fourth-order valence-corrected chi connectivity index (χ4v) is 1.11. The van der Waals surface area contributed by atoms with E-state index >= 15 is 0 Å². The van der Waals surface area contributed by atoms with Crippen LogP contribution >= 0.6 is 0 Å². The molecule has 0 aliphatic heterocycles. The maximum absolute atomic E-state index is 11.0. The number of rotatable bonds is 1. The van der Waals surface area contributed by atoms with Crippen molar-refractivity contribution in [2.75, 3.05) is 6.26 Å². The SMILES string of the molecule is C[S@](=N)(=O)c1nccc(=O)[nH]1. The van der Waals surface area contributed by atoms with Crippen molar-refractivity contribution in [3.63, 3.8) is 0 Å². The molecule has 6 heteroatoms. The molecule has 0 fully saturated rings. The van der Waals surface area contributed by atoms with E-state index in [1.165, 1.54) is 18.5 Å². The molecule has 1 rings (SSSR count). The van der Waals surface area contributed by atoms with Crippen LogP contribution in [0, 0.1) is 4.78 Å². The van der Waals surface area contributed by atoms with Crippen LogP contribution in [-0.2, 0) is 9.73 Å². The second kappa shape index (κ2) is 2.46. The molecule has 0 amide bonds. The molecule has 60 valence electrons. The van der Waals surface area contributed by atoms with Gasteiger partial charge in [-0.15, -0.1) is 0 Å². The average Bonchev–Trinajstić information content (AvgIpc) is 1.86. The molecule has 0 spiro atoms. The molecule has 0 aromatic carbocycles. The molecule has 0 saturated heterocycles. The molecule has 5 nitrogen and oxygen atoms in total. The number of hydrogen-bond donors (Lipinski definition) is 2. The Kier molecular flexibility index (Phi) is 1.77. The van der Waals surface area contributed by atoms with Gasteiger partial charge >= 0.3 is 0 Å². The summed E-state index contributed by atoms with van der Waals surface area (Å²) < 4.78 is 18.0. The Morgan fingerprint density at radius 3 is 2.73 bits per heavy atom. The number of aromatic amines is 1. The largest absolute Gasteiger partial charge is 0.299 e. The van der Waals surface area contributed by atoms with Gasteiger partial charge in [0.15, 0.2) is 0 Å². The van der Waals surface area contributed by atoms with Crippen LogP contribution in [0.1, 0.15) is 0 Å². The van der Waals surface area contributed by atoms with Gasteiger partial charge in [-0.3, -0.25) is 9.78 Å². The summed E-state index contributed by atoms with van der Waals surface area (Å²) in [6, 6.07) is 1.20. The van der Waals surface area contributed by atoms with Gasteiger partial charge in [0.05, 0.1) is 0 Å². The highest BCUT2D eigenvalue weighted by Crippen LogP contribution is 1.95.